The Balaban J connectivity index is 2.12. The monoisotopic (exact) mass is 251 g/mol. The van der Waals surface area contributed by atoms with E-state index in [1.54, 1.807) is 0 Å². The lowest BCUT2D eigenvalue weighted by molar-refractivity contribution is 0.312. The lowest BCUT2D eigenvalue weighted by atomic mass is 10.2. The van der Waals surface area contributed by atoms with Crippen LogP contribution in [-0.2, 0) is 0 Å². The lowest BCUT2D eigenvalue weighted by Crippen LogP contribution is -2.14. The molecule has 0 radical (unpaired) electrons. The van der Waals surface area contributed by atoms with Gasteiger partial charge in [0.1, 0.15) is 0 Å². The topological polar surface area (TPSA) is 72.0 Å². The van der Waals surface area contributed by atoms with E-state index in [1.165, 1.54) is 0 Å². The molecule has 1 aliphatic carbocycles. The Morgan fingerprint density at radius 1 is 1.22 bits per heavy atom. The zero-order valence-electron chi connectivity index (χ0n) is 11.4. The van der Waals surface area contributed by atoms with Crippen LogP contribution >= 0.6 is 0 Å². The molecule has 2 N–H and O–H groups in total. The van der Waals surface area contributed by atoms with Crippen molar-refractivity contribution in [1.82, 2.24) is 15.0 Å². The molecule has 0 spiro atoms. The Morgan fingerprint density at radius 3 is 2.44 bits per heavy atom. The highest BCUT2D eigenvalue weighted by molar-refractivity contribution is 5.38. The quantitative estimate of drug-likeness (QED) is 0.804. The van der Waals surface area contributed by atoms with Crippen LogP contribution in [0.2, 0.25) is 0 Å². The van der Waals surface area contributed by atoms with Crippen LogP contribution in [0.25, 0.3) is 0 Å². The average molecular weight is 251 g/mol. The van der Waals surface area contributed by atoms with Crippen molar-refractivity contribution in [2.24, 2.45) is 5.41 Å². The molecule has 1 fully saturated rings. The minimum Gasteiger partial charge on any atom is -0.464 e. The summed E-state index contributed by atoms with van der Waals surface area (Å²) in [5.41, 5.74) is 0.330. The fraction of sp³-hybridized carbons (Fsp3) is 0.750. The van der Waals surface area contributed by atoms with E-state index in [0.29, 0.717) is 36.0 Å². The third-order valence-corrected chi connectivity index (χ3v) is 3.04. The molecule has 1 atom stereocenters. The summed E-state index contributed by atoms with van der Waals surface area (Å²) in [6.07, 6.45) is 1.14. The number of nitrogens with zero attached hydrogens (tertiary/aromatic N) is 3. The van der Waals surface area contributed by atoms with E-state index in [0.717, 1.165) is 13.0 Å². The van der Waals surface area contributed by atoms with Crippen LogP contribution in [0.5, 0.6) is 6.01 Å². The van der Waals surface area contributed by atoms with Crippen LogP contribution in [0.4, 0.5) is 11.9 Å². The van der Waals surface area contributed by atoms with Gasteiger partial charge in [0, 0.05) is 12.6 Å². The molecular formula is C12H21N5O. The summed E-state index contributed by atoms with van der Waals surface area (Å²) in [5.74, 6) is 1.14. The Labute approximate surface area is 108 Å². The molecule has 6 heteroatoms. The van der Waals surface area contributed by atoms with E-state index in [9.17, 15) is 0 Å². The minimum atomic E-state index is 0.330. The van der Waals surface area contributed by atoms with Gasteiger partial charge in [-0.3, -0.25) is 0 Å². The van der Waals surface area contributed by atoms with Crippen molar-refractivity contribution >= 4 is 11.9 Å². The summed E-state index contributed by atoms with van der Waals surface area (Å²) in [4.78, 5) is 12.8. The molecule has 1 aromatic rings. The van der Waals surface area contributed by atoms with Crippen molar-refractivity contribution in [3.63, 3.8) is 0 Å². The molecule has 18 heavy (non-hydrogen) atoms. The summed E-state index contributed by atoms with van der Waals surface area (Å²) >= 11 is 0. The van der Waals surface area contributed by atoms with Crippen LogP contribution in [0.15, 0.2) is 0 Å². The van der Waals surface area contributed by atoms with Gasteiger partial charge in [-0.25, -0.2) is 0 Å². The molecule has 1 unspecified atom stereocenters. The third kappa shape index (κ3) is 3.00. The first-order valence-corrected chi connectivity index (χ1v) is 6.44. The standard InChI is InChI=1S/C12H21N5O/c1-5-13-9-15-10(14-8-7-12(8,3)4)17-11(16-9)18-6-2/h8H,5-7H2,1-4H3,(H2,13,14,15,16,17). The van der Waals surface area contributed by atoms with E-state index < -0.39 is 0 Å². The summed E-state index contributed by atoms with van der Waals surface area (Å²) in [6.45, 7) is 9.67. The second-order valence-electron chi connectivity index (χ2n) is 5.12. The summed E-state index contributed by atoms with van der Waals surface area (Å²) in [5, 5.41) is 6.40. The minimum absolute atomic E-state index is 0.330. The van der Waals surface area contributed by atoms with E-state index in [4.69, 9.17) is 4.74 Å². The molecule has 0 saturated heterocycles. The summed E-state index contributed by atoms with van der Waals surface area (Å²) < 4.78 is 5.35. The van der Waals surface area contributed by atoms with Crippen molar-refractivity contribution in [2.75, 3.05) is 23.8 Å². The summed E-state index contributed by atoms with van der Waals surface area (Å²) in [7, 11) is 0. The predicted octanol–water partition coefficient (Wildman–Crippen LogP) is 1.91. The maximum Gasteiger partial charge on any atom is 0.323 e. The largest absolute Gasteiger partial charge is 0.464 e. The zero-order valence-corrected chi connectivity index (χ0v) is 11.4. The van der Waals surface area contributed by atoms with Crippen molar-refractivity contribution in [2.45, 2.75) is 40.2 Å². The molecule has 2 rings (SSSR count). The van der Waals surface area contributed by atoms with E-state index >= 15 is 0 Å². The van der Waals surface area contributed by atoms with Crippen LogP contribution in [0.3, 0.4) is 0 Å². The molecule has 0 amide bonds. The van der Waals surface area contributed by atoms with Gasteiger partial charge >= 0.3 is 6.01 Å². The number of ether oxygens (including phenoxy) is 1. The second kappa shape index (κ2) is 4.96. The highest BCUT2D eigenvalue weighted by Crippen LogP contribution is 2.46. The number of aromatic nitrogens is 3. The number of anilines is 2. The van der Waals surface area contributed by atoms with Gasteiger partial charge < -0.3 is 15.4 Å². The fourth-order valence-electron chi connectivity index (χ4n) is 1.72. The number of nitrogens with one attached hydrogen (secondary N) is 2. The van der Waals surface area contributed by atoms with Gasteiger partial charge in [0.15, 0.2) is 0 Å². The maximum absolute atomic E-state index is 5.35. The van der Waals surface area contributed by atoms with E-state index in [-0.39, 0.29) is 0 Å². The van der Waals surface area contributed by atoms with Gasteiger partial charge in [-0.1, -0.05) is 13.8 Å². The van der Waals surface area contributed by atoms with E-state index in [1.807, 2.05) is 13.8 Å². The highest BCUT2D eigenvalue weighted by atomic mass is 16.5. The highest BCUT2D eigenvalue weighted by Gasteiger charge is 2.46. The molecule has 0 aromatic carbocycles. The van der Waals surface area contributed by atoms with Crippen LogP contribution in [0.1, 0.15) is 34.1 Å². The Bertz CT molecular complexity index is 397. The SMILES string of the molecule is CCNc1nc(NC2CC2(C)C)nc(OCC)n1. The fourth-order valence-corrected chi connectivity index (χ4v) is 1.72. The first kappa shape index (κ1) is 12.9. The summed E-state index contributed by atoms with van der Waals surface area (Å²) in [6, 6.07) is 0.799. The van der Waals surface area contributed by atoms with Crippen LogP contribution < -0.4 is 15.4 Å². The van der Waals surface area contributed by atoms with Crippen molar-refractivity contribution in [3.05, 3.63) is 0 Å². The zero-order chi connectivity index (χ0) is 13.2. The smallest absolute Gasteiger partial charge is 0.323 e. The molecule has 1 aliphatic rings. The van der Waals surface area contributed by atoms with Crippen molar-refractivity contribution < 1.29 is 4.74 Å². The van der Waals surface area contributed by atoms with Crippen molar-refractivity contribution in [3.8, 4) is 6.01 Å². The van der Waals surface area contributed by atoms with Crippen molar-refractivity contribution in [1.29, 1.82) is 0 Å². The molecular weight excluding hydrogens is 230 g/mol. The van der Waals surface area contributed by atoms with Gasteiger partial charge in [-0.2, -0.15) is 15.0 Å². The molecule has 1 saturated carbocycles. The van der Waals surface area contributed by atoms with Crippen LogP contribution in [-0.4, -0.2) is 34.1 Å². The average Bonchev–Trinajstić information content (AvgIpc) is 2.86. The predicted molar refractivity (Wildman–Crippen MR) is 71.0 cm³/mol. The van der Waals surface area contributed by atoms with Crippen LogP contribution in [0, 0.1) is 5.41 Å². The molecule has 1 aromatic heterocycles. The Hall–Kier alpha value is -1.59. The Morgan fingerprint density at radius 2 is 1.89 bits per heavy atom. The number of rotatable bonds is 6. The third-order valence-electron chi connectivity index (χ3n) is 3.04. The van der Waals surface area contributed by atoms with E-state index in [2.05, 4.69) is 39.4 Å². The molecule has 100 valence electrons. The molecule has 1 heterocycles. The number of hydrogen-bond donors (Lipinski definition) is 2. The first-order valence-electron chi connectivity index (χ1n) is 6.44. The van der Waals surface area contributed by atoms with Gasteiger partial charge in [0.2, 0.25) is 11.9 Å². The first-order chi connectivity index (χ1) is 8.55. The normalized spacial score (nSPS) is 20.3. The molecule has 0 aliphatic heterocycles. The number of hydrogen-bond acceptors (Lipinski definition) is 6. The molecule has 0 bridgehead atoms. The second-order valence-corrected chi connectivity index (χ2v) is 5.12. The maximum atomic E-state index is 5.35. The Kier molecular flexibility index (Phi) is 3.54. The van der Waals surface area contributed by atoms with Gasteiger partial charge in [-0.05, 0) is 25.7 Å². The van der Waals surface area contributed by atoms with Gasteiger partial charge in [0.05, 0.1) is 6.61 Å². The lowest BCUT2D eigenvalue weighted by Gasteiger charge is -2.10. The van der Waals surface area contributed by atoms with Gasteiger partial charge in [-0.15, -0.1) is 0 Å². The molecule has 6 nitrogen and oxygen atoms in total. The van der Waals surface area contributed by atoms with Gasteiger partial charge in [0.25, 0.3) is 0 Å².